The van der Waals surface area contributed by atoms with Gasteiger partial charge in [-0.1, -0.05) is 18.2 Å². The fourth-order valence-electron chi connectivity index (χ4n) is 2.59. The van der Waals surface area contributed by atoms with Gasteiger partial charge in [0.25, 0.3) is 0 Å². The highest BCUT2D eigenvalue weighted by atomic mass is 16.4. The summed E-state index contributed by atoms with van der Waals surface area (Å²) >= 11 is 0. The van der Waals surface area contributed by atoms with E-state index < -0.39 is 24.0 Å². The summed E-state index contributed by atoms with van der Waals surface area (Å²) < 4.78 is 0. The van der Waals surface area contributed by atoms with E-state index in [9.17, 15) is 14.7 Å². The second-order valence-corrected chi connectivity index (χ2v) is 4.60. The second kappa shape index (κ2) is 4.10. The van der Waals surface area contributed by atoms with E-state index in [0.29, 0.717) is 5.69 Å². The molecule has 1 aliphatic heterocycles. The molecule has 1 aromatic carbocycles. The number of carboxylic acids is 2. The van der Waals surface area contributed by atoms with Gasteiger partial charge in [0.2, 0.25) is 0 Å². The Bertz CT molecular complexity index is 676. The predicted molar refractivity (Wildman–Crippen MR) is 66.9 cm³/mol. The number of aromatic amines is 1. The van der Waals surface area contributed by atoms with E-state index >= 15 is 0 Å². The zero-order chi connectivity index (χ0) is 13.6. The molecule has 4 N–H and O–H groups in total. The van der Waals surface area contributed by atoms with Gasteiger partial charge in [0, 0.05) is 23.0 Å². The van der Waals surface area contributed by atoms with E-state index in [-0.39, 0.29) is 6.42 Å². The minimum atomic E-state index is -1.08. The van der Waals surface area contributed by atoms with Gasteiger partial charge in [0.1, 0.15) is 12.1 Å². The lowest BCUT2D eigenvalue weighted by Gasteiger charge is -2.26. The molecule has 6 heteroatoms. The SMILES string of the molecule is O=C(O)[C@H]1N[C@@H](C(=O)O)Cc2c1[nH]c1ccccc21. The number of aromatic nitrogens is 1. The van der Waals surface area contributed by atoms with E-state index in [1.54, 1.807) is 0 Å². The number of nitrogens with one attached hydrogen (secondary N) is 2. The van der Waals surface area contributed by atoms with Gasteiger partial charge in [-0.2, -0.15) is 0 Å². The molecule has 0 unspecified atom stereocenters. The van der Waals surface area contributed by atoms with Crippen LogP contribution >= 0.6 is 0 Å². The van der Waals surface area contributed by atoms with Gasteiger partial charge in [-0.05, 0) is 11.6 Å². The van der Waals surface area contributed by atoms with Gasteiger partial charge in [-0.15, -0.1) is 0 Å². The van der Waals surface area contributed by atoms with Crippen molar-refractivity contribution in [3.63, 3.8) is 0 Å². The van der Waals surface area contributed by atoms with Gasteiger partial charge in [-0.25, -0.2) is 0 Å². The average Bonchev–Trinajstić information content (AvgIpc) is 2.75. The molecule has 2 atom stereocenters. The number of hydrogen-bond acceptors (Lipinski definition) is 3. The number of hydrogen-bond donors (Lipinski definition) is 4. The molecule has 0 bridgehead atoms. The first-order valence-corrected chi connectivity index (χ1v) is 5.89. The summed E-state index contributed by atoms with van der Waals surface area (Å²) in [5.41, 5.74) is 2.15. The lowest BCUT2D eigenvalue weighted by Crippen LogP contribution is -2.47. The first-order chi connectivity index (χ1) is 9.08. The number of carboxylic acid groups (broad SMARTS) is 2. The molecule has 3 rings (SSSR count). The topological polar surface area (TPSA) is 102 Å². The van der Waals surface area contributed by atoms with Crippen LogP contribution in [0.4, 0.5) is 0 Å². The molecule has 0 saturated heterocycles. The highest BCUT2D eigenvalue weighted by Gasteiger charge is 2.36. The van der Waals surface area contributed by atoms with Gasteiger partial charge in [0.05, 0.1) is 0 Å². The molecule has 2 heterocycles. The van der Waals surface area contributed by atoms with Crippen LogP contribution in [0, 0.1) is 0 Å². The molecule has 19 heavy (non-hydrogen) atoms. The maximum atomic E-state index is 11.3. The lowest BCUT2D eigenvalue weighted by atomic mass is 9.94. The van der Waals surface area contributed by atoms with E-state index in [1.165, 1.54) is 0 Å². The quantitative estimate of drug-likeness (QED) is 0.642. The minimum Gasteiger partial charge on any atom is -0.480 e. The molecular weight excluding hydrogens is 248 g/mol. The van der Waals surface area contributed by atoms with Crippen molar-refractivity contribution in [2.45, 2.75) is 18.5 Å². The summed E-state index contributed by atoms with van der Waals surface area (Å²) in [4.78, 5) is 25.5. The van der Waals surface area contributed by atoms with E-state index in [1.807, 2.05) is 24.3 Å². The smallest absolute Gasteiger partial charge is 0.326 e. The summed E-state index contributed by atoms with van der Waals surface area (Å²) in [6, 6.07) is 5.52. The molecule has 2 aromatic rings. The largest absolute Gasteiger partial charge is 0.480 e. The summed E-state index contributed by atoms with van der Waals surface area (Å²) in [5, 5.41) is 21.9. The first kappa shape index (κ1) is 11.7. The van der Waals surface area contributed by atoms with E-state index in [4.69, 9.17) is 5.11 Å². The highest BCUT2D eigenvalue weighted by Crippen LogP contribution is 2.31. The first-order valence-electron chi connectivity index (χ1n) is 5.89. The van der Waals surface area contributed by atoms with Crippen LogP contribution in [0.5, 0.6) is 0 Å². The van der Waals surface area contributed by atoms with Gasteiger partial charge in [-0.3, -0.25) is 14.9 Å². The van der Waals surface area contributed by atoms with Crippen molar-refractivity contribution in [2.24, 2.45) is 0 Å². The van der Waals surface area contributed by atoms with Crippen LogP contribution in [0.1, 0.15) is 17.3 Å². The third-order valence-electron chi connectivity index (χ3n) is 3.46. The van der Waals surface area contributed by atoms with E-state index in [0.717, 1.165) is 16.5 Å². The molecule has 0 aliphatic carbocycles. The van der Waals surface area contributed by atoms with Crippen LogP contribution in [-0.2, 0) is 16.0 Å². The Kier molecular flexibility index (Phi) is 2.53. The molecular formula is C13H12N2O4. The van der Waals surface area contributed by atoms with Crippen LogP contribution in [0.3, 0.4) is 0 Å². The molecule has 0 amide bonds. The van der Waals surface area contributed by atoms with Crippen molar-refractivity contribution < 1.29 is 19.8 Å². The summed E-state index contributed by atoms with van der Waals surface area (Å²) in [6.45, 7) is 0. The Hall–Kier alpha value is -2.34. The molecule has 1 aliphatic rings. The highest BCUT2D eigenvalue weighted by molar-refractivity contribution is 5.90. The summed E-state index contributed by atoms with van der Waals surface area (Å²) in [7, 11) is 0. The van der Waals surface area contributed by atoms with Crippen molar-refractivity contribution in [3.05, 3.63) is 35.5 Å². The molecule has 0 saturated carbocycles. The van der Waals surface area contributed by atoms with Crippen molar-refractivity contribution >= 4 is 22.8 Å². The van der Waals surface area contributed by atoms with Crippen LogP contribution in [0.15, 0.2) is 24.3 Å². The lowest BCUT2D eigenvalue weighted by molar-refractivity contribution is -0.143. The second-order valence-electron chi connectivity index (χ2n) is 4.60. The molecule has 6 nitrogen and oxygen atoms in total. The van der Waals surface area contributed by atoms with E-state index in [2.05, 4.69) is 10.3 Å². The van der Waals surface area contributed by atoms with Crippen molar-refractivity contribution in [1.29, 1.82) is 0 Å². The van der Waals surface area contributed by atoms with Gasteiger partial charge >= 0.3 is 11.9 Å². The summed E-state index contributed by atoms with van der Waals surface area (Å²) in [6.07, 6.45) is 0.276. The van der Waals surface area contributed by atoms with Crippen molar-refractivity contribution in [1.82, 2.24) is 10.3 Å². The Labute approximate surface area is 108 Å². The zero-order valence-electron chi connectivity index (χ0n) is 9.88. The van der Waals surface area contributed by atoms with Crippen molar-refractivity contribution in [3.8, 4) is 0 Å². The normalized spacial score (nSPS) is 22.1. The summed E-state index contributed by atoms with van der Waals surface area (Å²) in [5.74, 6) is -2.12. The molecule has 0 fully saturated rings. The Morgan fingerprint density at radius 2 is 1.89 bits per heavy atom. The molecule has 1 aromatic heterocycles. The zero-order valence-corrected chi connectivity index (χ0v) is 9.88. The number of rotatable bonds is 2. The van der Waals surface area contributed by atoms with Crippen LogP contribution in [0.2, 0.25) is 0 Å². The minimum absolute atomic E-state index is 0.276. The van der Waals surface area contributed by atoms with Crippen molar-refractivity contribution in [2.75, 3.05) is 0 Å². The predicted octanol–water partition coefficient (Wildman–Crippen LogP) is 0.892. The standard InChI is InChI=1S/C13H12N2O4/c16-12(17)9-5-7-6-3-1-2-4-8(6)14-10(7)11(15-9)13(18)19/h1-4,9,11,14-15H,5H2,(H,16,17)(H,18,19)/t9-,11+/m1/s1. The Balaban J connectivity index is 2.19. The third-order valence-corrected chi connectivity index (χ3v) is 3.46. The number of para-hydroxylation sites is 1. The number of aliphatic carboxylic acids is 2. The maximum absolute atomic E-state index is 11.3. The fraction of sp³-hybridized carbons (Fsp3) is 0.231. The third kappa shape index (κ3) is 1.77. The van der Waals surface area contributed by atoms with Crippen LogP contribution < -0.4 is 5.32 Å². The molecule has 0 radical (unpaired) electrons. The van der Waals surface area contributed by atoms with Gasteiger partial charge < -0.3 is 15.2 Å². The fourth-order valence-corrected chi connectivity index (χ4v) is 2.59. The monoisotopic (exact) mass is 260 g/mol. The Morgan fingerprint density at radius 1 is 1.16 bits per heavy atom. The average molecular weight is 260 g/mol. The van der Waals surface area contributed by atoms with Crippen LogP contribution in [-0.4, -0.2) is 33.2 Å². The number of carbonyl (C=O) groups is 2. The molecule has 98 valence electrons. The maximum Gasteiger partial charge on any atom is 0.326 e. The number of fused-ring (bicyclic) bond motifs is 3. The number of H-pyrrole nitrogens is 1. The molecule has 0 spiro atoms. The van der Waals surface area contributed by atoms with Gasteiger partial charge in [0.15, 0.2) is 0 Å². The Morgan fingerprint density at radius 3 is 2.58 bits per heavy atom. The number of benzene rings is 1. The van der Waals surface area contributed by atoms with Crippen LogP contribution in [0.25, 0.3) is 10.9 Å².